The molecule has 0 aliphatic carbocycles. The van der Waals surface area contributed by atoms with Crippen LogP contribution in [-0.2, 0) is 0 Å². The van der Waals surface area contributed by atoms with E-state index in [1.807, 2.05) is 26.0 Å². The average molecular weight is 203 g/mol. The molecule has 4 nitrogen and oxygen atoms in total. The van der Waals surface area contributed by atoms with Crippen LogP contribution >= 0.6 is 0 Å². The largest absolute Gasteiger partial charge is 0.463 e. The molecule has 0 aliphatic rings. The van der Waals surface area contributed by atoms with E-state index in [-0.39, 0.29) is 0 Å². The van der Waals surface area contributed by atoms with E-state index in [1.165, 1.54) is 0 Å². The lowest BCUT2D eigenvalue weighted by molar-refractivity contribution is 0.579. The van der Waals surface area contributed by atoms with Crippen molar-refractivity contribution in [1.29, 1.82) is 0 Å². The van der Waals surface area contributed by atoms with E-state index in [1.54, 1.807) is 12.5 Å². The van der Waals surface area contributed by atoms with Crippen LogP contribution in [0.25, 0.3) is 11.5 Å². The topological polar surface area (TPSA) is 51.0 Å². The highest BCUT2D eigenvalue weighted by atomic mass is 16.3. The third-order valence-corrected chi connectivity index (χ3v) is 2.06. The van der Waals surface area contributed by atoms with Gasteiger partial charge in [0.2, 0.25) is 5.95 Å². The minimum atomic E-state index is 0.634. The highest BCUT2D eigenvalue weighted by molar-refractivity contribution is 5.57. The van der Waals surface area contributed by atoms with E-state index in [4.69, 9.17) is 4.42 Å². The summed E-state index contributed by atoms with van der Waals surface area (Å²) in [7, 11) is 0. The first-order valence-electron chi connectivity index (χ1n) is 4.92. The molecule has 0 amide bonds. The van der Waals surface area contributed by atoms with Crippen LogP contribution in [0, 0.1) is 6.92 Å². The zero-order chi connectivity index (χ0) is 10.7. The van der Waals surface area contributed by atoms with Gasteiger partial charge in [0.05, 0.1) is 6.26 Å². The maximum atomic E-state index is 5.32. The van der Waals surface area contributed by atoms with Crippen molar-refractivity contribution in [3.05, 3.63) is 30.2 Å². The Morgan fingerprint density at radius 3 is 3.00 bits per heavy atom. The average Bonchev–Trinajstić information content (AvgIpc) is 2.74. The maximum Gasteiger partial charge on any atom is 0.223 e. The van der Waals surface area contributed by atoms with Gasteiger partial charge in [0, 0.05) is 12.7 Å². The SMILES string of the molecule is CCNc1ncc(C)c(-c2ccco2)n1. The fraction of sp³-hybridized carbons (Fsp3) is 0.273. The summed E-state index contributed by atoms with van der Waals surface area (Å²) in [5, 5.41) is 3.07. The minimum Gasteiger partial charge on any atom is -0.463 e. The molecule has 0 aliphatic heterocycles. The zero-order valence-electron chi connectivity index (χ0n) is 8.82. The second kappa shape index (κ2) is 4.13. The van der Waals surface area contributed by atoms with Crippen molar-refractivity contribution >= 4 is 5.95 Å². The lowest BCUT2D eigenvalue weighted by Gasteiger charge is -2.05. The fourth-order valence-electron chi connectivity index (χ4n) is 1.35. The molecule has 1 N–H and O–H groups in total. The first kappa shape index (κ1) is 9.71. The monoisotopic (exact) mass is 203 g/mol. The van der Waals surface area contributed by atoms with E-state index in [0.717, 1.165) is 23.6 Å². The molecule has 0 fully saturated rings. The van der Waals surface area contributed by atoms with Crippen LogP contribution in [0.2, 0.25) is 0 Å². The van der Waals surface area contributed by atoms with Crippen molar-refractivity contribution in [2.75, 3.05) is 11.9 Å². The van der Waals surface area contributed by atoms with Crippen LogP contribution in [0.3, 0.4) is 0 Å². The first-order chi connectivity index (χ1) is 7.31. The second-order valence-electron chi connectivity index (χ2n) is 3.23. The number of nitrogens with zero attached hydrogens (tertiary/aromatic N) is 2. The Kier molecular flexibility index (Phi) is 2.67. The lowest BCUT2D eigenvalue weighted by atomic mass is 10.2. The van der Waals surface area contributed by atoms with Gasteiger partial charge in [-0.1, -0.05) is 0 Å². The van der Waals surface area contributed by atoms with E-state index < -0.39 is 0 Å². The highest BCUT2D eigenvalue weighted by Gasteiger charge is 2.07. The summed E-state index contributed by atoms with van der Waals surface area (Å²) in [4.78, 5) is 8.56. The Balaban J connectivity index is 2.41. The maximum absolute atomic E-state index is 5.32. The smallest absolute Gasteiger partial charge is 0.223 e. The van der Waals surface area contributed by atoms with Crippen LogP contribution in [-0.4, -0.2) is 16.5 Å². The van der Waals surface area contributed by atoms with Crippen molar-refractivity contribution < 1.29 is 4.42 Å². The predicted octanol–water partition coefficient (Wildman–Crippen LogP) is 2.48. The van der Waals surface area contributed by atoms with Crippen LogP contribution < -0.4 is 5.32 Å². The third kappa shape index (κ3) is 1.98. The Labute approximate surface area is 88.4 Å². The number of hydrogen-bond donors (Lipinski definition) is 1. The van der Waals surface area contributed by atoms with Gasteiger partial charge in [0.15, 0.2) is 5.76 Å². The molecule has 0 aromatic carbocycles. The summed E-state index contributed by atoms with van der Waals surface area (Å²) in [6.07, 6.45) is 3.44. The first-order valence-corrected chi connectivity index (χ1v) is 4.92. The van der Waals surface area contributed by atoms with Crippen molar-refractivity contribution in [3.8, 4) is 11.5 Å². The quantitative estimate of drug-likeness (QED) is 0.832. The number of aryl methyl sites for hydroxylation is 1. The molecule has 0 saturated heterocycles. The number of furan rings is 1. The summed E-state index contributed by atoms with van der Waals surface area (Å²) in [6.45, 7) is 4.78. The Hall–Kier alpha value is -1.84. The fourth-order valence-corrected chi connectivity index (χ4v) is 1.35. The standard InChI is InChI=1S/C11H13N3O/c1-3-12-11-13-7-8(2)10(14-11)9-5-4-6-15-9/h4-7H,3H2,1-2H3,(H,12,13,14). The highest BCUT2D eigenvalue weighted by Crippen LogP contribution is 2.21. The van der Waals surface area contributed by atoms with E-state index in [0.29, 0.717) is 5.95 Å². The van der Waals surface area contributed by atoms with E-state index in [9.17, 15) is 0 Å². The predicted molar refractivity (Wildman–Crippen MR) is 58.6 cm³/mol. The van der Waals surface area contributed by atoms with Crippen molar-refractivity contribution in [1.82, 2.24) is 9.97 Å². The van der Waals surface area contributed by atoms with Crippen molar-refractivity contribution in [3.63, 3.8) is 0 Å². The van der Waals surface area contributed by atoms with Gasteiger partial charge in [-0.25, -0.2) is 9.97 Å². The summed E-state index contributed by atoms with van der Waals surface area (Å²) >= 11 is 0. The van der Waals surface area contributed by atoms with Gasteiger partial charge in [-0.15, -0.1) is 0 Å². The minimum absolute atomic E-state index is 0.634. The molecule has 2 rings (SSSR count). The molecule has 2 aromatic heterocycles. The van der Waals surface area contributed by atoms with Crippen molar-refractivity contribution in [2.45, 2.75) is 13.8 Å². The molecule has 0 saturated carbocycles. The molecule has 15 heavy (non-hydrogen) atoms. The Morgan fingerprint density at radius 2 is 2.33 bits per heavy atom. The molecule has 0 unspecified atom stereocenters. The van der Waals surface area contributed by atoms with E-state index >= 15 is 0 Å². The Bertz CT molecular complexity index is 437. The number of hydrogen-bond acceptors (Lipinski definition) is 4. The number of anilines is 1. The van der Waals surface area contributed by atoms with Crippen LogP contribution in [0.1, 0.15) is 12.5 Å². The van der Waals surface area contributed by atoms with Gasteiger partial charge in [-0.05, 0) is 31.5 Å². The summed E-state index contributed by atoms with van der Waals surface area (Å²) in [5.74, 6) is 1.41. The summed E-state index contributed by atoms with van der Waals surface area (Å²) in [6, 6.07) is 3.74. The van der Waals surface area contributed by atoms with Crippen LogP contribution in [0.15, 0.2) is 29.0 Å². The molecule has 0 bridgehead atoms. The summed E-state index contributed by atoms with van der Waals surface area (Å²) in [5.41, 5.74) is 1.84. The zero-order valence-corrected chi connectivity index (χ0v) is 8.82. The molecule has 0 atom stereocenters. The number of aromatic nitrogens is 2. The van der Waals surface area contributed by atoms with Crippen molar-refractivity contribution in [2.24, 2.45) is 0 Å². The summed E-state index contributed by atoms with van der Waals surface area (Å²) < 4.78 is 5.32. The van der Waals surface area contributed by atoms with Crippen LogP contribution in [0.4, 0.5) is 5.95 Å². The van der Waals surface area contributed by atoms with Gasteiger partial charge in [0.1, 0.15) is 5.69 Å². The molecule has 4 heteroatoms. The van der Waals surface area contributed by atoms with Gasteiger partial charge >= 0.3 is 0 Å². The van der Waals surface area contributed by atoms with Gasteiger partial charge in [0.25, 0.3) is 0 Å². The molecule has 2 heterocycles. The lowest BCUT2D eigenvalue weighted by Crippen LogP contribution is -2.03. The molecular formula is C11H13N3O. The van der Waals surface area contributed by atoms with Crippen LogP contribution in [0.5, 0.6) is 0 Å². The third-order valence-electron chi connectivity index (χ3n) is 2.06. The molecule has 0 radical (unpaired) electrons. The number of rotatable bonds is 3. The van der Waals surface area contributed by atoms with E-state index in [2.05, 4.69) is 15.3 Å². The van der Waals surface area contributed by atoms with Gasteiger partial charge in [-0.2, -0.15) is 0 Å². The Morgan fingerprint density at radius 1 is 1.47 bits per heavy atom. The molecule has 2 aromatic rings. The molecule has 0 spiro atoms. The normalized spacial score (nSPS) is 10.3. The second-order valence-corrected chi connectivity index (χ2v) is 3.23. The van der Waals surface area contributed by atoms with Gasteiger partial charge < -0.3 is 9.73 Å². The van der Waals surface area contributed by atoms with Gasteiger partial charge in [-0.3, -0.25) is 0 Å². The molecule has 78 valence electrons. The number of nitrogens with one attached hydrogen (secondary N) is 1. The molecular weight excluding hydrogens is 190 g/mol.